The number of anilines is 1. The van der Waals surface area contributed by atoms with Gasteiger partial charge in [-0.25, -0.2) is 0 Å². The van der Waals surface area contributed by atoms with Crippen LogP contribution in [0.3, 0.4) is 0 Å². The van der Waals surface area contributed by atoms with E-state index in [-0.39, 0.29) is 16.8 Å². The third kappa shape index (κ3) is 5.90. The van der Waals surface area contributed by atoms with Gasteiger partial charge in [0.25, 0.3) is 5.91 Å². The monoisotopic (exact) mass is 404 g/mol. The highest BCUT2D eigenvalue weighted by Crippen LogP contribution is 2.18. The number of nitrogens with zero attached hydrogens (tertiary/aromatic N) is 2. The molecule has 0 aliphatic rings. The second-order valence-corrected chi connectivity index (χ2v) is 7.17. The molecule has 0 spiro atoms. The van der Waals surface area contributed by atoms with Gasteiger partial charge in [-0.2, -0.15) is 0 Å². The van der Waals surface area contributed by atoms with Crippen LogP contribution in [-0.4, -0.2) is 22.0 Å². The first-order chi connectivity index (χ1) is 13.1. The summed E-state index contributed by atoms with van der Waals surface area (Å²) in [6, 6.07) is 10.5. The molecule has 2 N–H and O–H groups in total. The Hall–Kier alpha value is -2.71. The number of carbonyl (C=O) groups is 2. The van der Waals surface area contributed by atoms with Crippen LogP contribution in [0.1, 0.15) is 33.4 Å². The molecular weight excluding hydrogens is 388 g/mol. The van der Waals surface area contributed by atoms with Crippen molar-refractivity contribution in [3.8, 4) is 0 Å². The molecule has 0 aliphatic carbocycles. The smallest absolute Gasteiger partial charge is 0.286 e. The van der Waals surface area contributed by atoms with Crippen molar-refractivity contribution in [1.82, 2.24) is 15.5 Å². The number of halogens is 1. The second kappa shape index (κ2) is 9.29. The van der Waals surface area contributed by atoms with Gasteiger partial charge in [-0.15, -0.1) is 10.2 Å². The fraction of sp³-hybridized carbons (Fsp3) is 0.222. The number of benzene rings is 1. The van der Waals surface area contributed by atoms with Crippen molar-refractivity contribution >= 4 is 40.4 Å². The standard InChI is InChI=1S/C18H17ClN4O3S/c19-12-4-1-5-13(10-12)21-17(25)18-23-22-16(27-18)8-2-7-15(24)20-11-14-6-3-9-26-14/h1,3-6,9-10H,2,7-8,11H2,(H,20,24)(H,21,25). The third-order valence-corrected chi connectivity index (χ3v) is 4.79. The molecule has 0 saturated heterocycles. The zero-order valence-electron chi connectivity index (χ0n) is 14.3. The zero-order chi connectivity index (χ0) is 19.1. The van der Waals surface area contributed by atoms with Crippen LogP contribution in [0.4, 0.5) is 5.69 Å². The molecule has 27 heavy (non-hydrogen) atoms. The summed E-state index contributed by atoms with van der Waals surface area (Å²) in [6.07, 6.45) is 3.13. The molecule has 0 fully saturated rings. The van der Waals surface area contributed by atoms with Crippen molar-refractivity contribution in [3.63, 3.8) is 0 Å². The number of nitrogens with one attached hydrogen (secondary N) is 2. The number of furan rings is 1. The average molecular weight is 405 g/mol. The molecule has 3 rings (SSSR count). The van der Waals surface area contributed by atoms with Gasteiger partial charge in [0.1, 0.15) is 10.8 Å². The Bertz CT molecular complexity index is 911. The van der Waals surface area contributed by atoms with Crippen LogP contribution < -0.4 is 10.6 Å². The normalized spacial score (nSPS) is 10.6. The molecule has 0 radical (unpaired) electrons. The minimum atomic E-state index is -0.336. The fourth-order valence-electron chi connectivity index (χ4n) is 2.28. The molecule has 2 amide bonds. The summed E-state index contributed by atoms with van der Waals surface area (Å²) in [5, 5.41) is 15.0. The van der Waals surface area contributed by atoms with Crippen LogP contribution in [0.15, 0.2) is 47.1 Å². The molecule has 2 aromatic heterocycles. The fourth-order valence-corrected chi connectivity index (χ4v) is 3.25. The van der Waals surface area contributed by atoms with E-state index in [0.29, 0.717) is 47.3 Å². The summed E-state index contributed by atoms with van der Waals surface area (Å²) in [5.74, 6) is 0.315. The van der Waals surface area contributed by atoms with Gasteiger partial charge in [-0.05, 0) is 36.8 Å². The predicted octanol–water partition coefficient (Wildman–Crippen LogP) is 3.68. The lowest BCUT2D eigenvalue weighted by atomic mass is 10.2. The molecule has 7 nitrogen and oxygen atoms in total. The van der Waals surface area contributed by atoms with Crippen LogP contribution in [-0.2, 0) is 17.8 Å². The zero-order valence-corrected chi connectivity index (χ0v) is 15.8. The van der Waals surface area contributed by atoms with Gasteiger partial charge in [-0.1, -0.05) is 29.0 Å². The molecule has 0 atom stereocenters. The lowest BCUT2D eigenvalue weighted by Crippen LogP contribution is -2.22. The van der Waals surface area contributed by atoms with Crippen molar-refractivity contribution < 1.29 is 14.0 Å². The van der Waals surface area contributed by atoms with E-state index < -0.39 is 0 Å². The van der Waals surface area contributed by atoms with E-state index in [1.807, 2.05) is 0 Å². The Balaban J connectivity index is 1.42. The molecule has 0 saturated carbocycles. The Labute approximate surface area is 164 Å². The molecule has 9 heteroatoms. The summed E-state index contributed by atoms with van der Waals surface area (Å²) in [4.78, 5) is 24.0. The summed E-state index contributed by atoms with van der Waals surface area (Å²) >= 11 is 7.11. The number of hydrogen-bond donors (Lipinski definition) is 2. The molecule has 3 aromatic rings. The van der Waals surface area contributed by atoms with E-state index in [1.54, 1.807) is 42.7 Å². The van der Waals surface area contributed by atoms with Crippen molar-refractivity contribution in [2.24, 2.45) is 0 Å². The van der Waals surface area contributed by atoms with Gasteiger partial charge >= 0.3 is 0 Å². The van der Waals surface area contributed by atoms with Gasteiger partial charge in [-0.3, -0.25) is 9.59 Å². The number of hydrogen-bond acceptors (Lipinski definition) is 6. The van der Waals surface area contributed by atoms with Crippen LogP contribution in [0, 0.1) is 0 Å². The maximum absolute atomic E-state index is 12.2. The summed E-state index contributed by atoms with van der Waals surface area (Å²) in [5.41, 5.74) is 0.595. The Kier molecular flexibility index (Phi) is 6.56. The largest absolute Gasteiger partial charge is 0.467 e. The van der Waals surface area contributed by atoms with E-state index in [2.05, 4.69) is 20.8 Å². The van der Waals surface area contributed by atoms with Gasteiger partial charge in [0.15, 0.2) is 0 Å². The summed E-state index contributed by atoms with van der Waals surface area (Å²) < 4.78 is 5.16. The Morgan fingerprint density at radius 1 is 1.19 bits per heavy atom. The molecular formula is C18H17ClN4O3S. The van der Waals surface area contributed by atoms with E-state index >= 15 is 0 Å². The van der Waals surface area contributed by atoms with Crippen molar-refractivity contribution in [1.29, 1.82) is 0 Å². The topological polar surface area (TPSA) is 97.1 Å². The van der Waals surface area contributed by atoms with Crippen LogP contribution in [0.2, 0.25) is 5.02 Å². The van der Waals surface area contributed by atoms with E-state index in [4.69, 9.17) is 16.0 Å². The highest BCUT2D eigenvalue weighted by Gasteiger charge is 2.13. The van der Waals surface area contributed by atoms with Gasteiger partial charge < -0.3 is 15.1 Å². The van der Waals surface area contributed by atoms with E-state index in [0.717, 1.165) is 0 Å². The predicted molar refractivity (Wildman–Crippen MR) is 103 cm³/mol. The highest BCUT2D eigenvalue weighted by atomic mass is 35.5. The minimum Gasteiger partial charge on any atom is -0.467 e. The average Bonchev–Trinajstić information content (AvgIpc) is 3.32. The van der Waals surface area contributed by atoms with Crippen LogP contribution in [0.25, 0.3) is 0 Å². The van der Waals surface area contributed by atoms with Gasteiger partial charge in [0.2, 0.25) is 10.9 Å². The summed E-state index contributed by atoms with van der Waals surface area (Å²) in [7, 11) is 0. The first kappa shape index (κ1) is 19.1. The minimum absolute atomic E-state index is 0.0603. The van der Waals surface area contributed by atoms with Gasteiger partial charge in [0.05, 0.1) is 12.8 Å². The van der Waals surface area contributed by atoms with E-state index in [9.17, 15) is 9.59 Å². The van der Waals surface area contributed by atoms with E-state index in [1.165, 1.54) is 11.3 Å². The highest BCUT2D eigenvalue weighted by molar-refractivity contribution is 7.13. The van der Waals surface area contributed by atoms with Crippen molar-refractivity contribution in [2.75, 3.05) is 5.32 Å². The molecule has 0 aliphatic heterocycles. The SMILES string of the molecule is O=C(CCCc1nnc(C(=O)Nc2cccc(Cl)c2)s1)NCc1ccco1. The number of aryl methyl sites for hydroxylation is 1. The maximum atomic E-state index is 12.2. The van der Waals surface area contributed by atoms with Crippen LogP contribution in [0.5, 0.6) is 0 Å². The molecule has 140 valence electrons. The second-order valence-electron chi connectivity index (χ2n) is 5.68. The number of rotatable bonds is 8. The molecule has 1 aromatic carbocycles. The Morgan fingerprint density at radius 3 is 2.85 bits per heavy atom. The lowest BCUT2D eigenvalue weighted by molar-refractivity contribution is -0.121. The van der Waals surface area contributed by atoms with Crippen molar-refractivity contribution in [3.05, 3.63) is 63.5 Å². The summed E-state index contributed by atoms with van der Waals surface area (Å²) in [6.45, 7) is 0.373. The quantitative estimate of drug-likeness (QED) is 0.597. The maximum Gasteiger partial charge on any atom is 0.286 e. The first-order valence-corrected chi connectivity index (χ1v) is 9.48. The number of amides is 2. The first-order valence-electron chi connectivity index (χ1n) is 8.28. The van der Waals surface area contributed by atoms with Crippen molar-refractivity contribution in [2.45, 2.75) is 25.8 Å². The molecule has 2 heterocycles. The molecule has 0 bridgehead atoms. The van der Waals surface area contributed by atoms with Gasteiger partial charge in [0, 0.05) is 23.6 Å². The Morgan fingerprint density at radius 2 is 2.07 bits per heavy atom. The third-order valence-electron chi connectivity index (χ3n) is 3.58. The number of aromatic nitrogens is 2. The van der Waals surface area contributed by atoms with Crippen LogP contribution >= 0.6 is 22.9 Å². The molecule has 0 unspecified atom stereocenters. The number of carbonyl (C=O) groups excluding carboxylic acids is 2. The lowest BCUT2D eigenvalue weighted by Gasteiger charge is -2.02.